The second-order valence-corrected chi connectivity index (χ2v) is 8.74. The van der Waals surface area contributed by atoms with Gasteiger partial charge >= 0.3 is 0 Å². The Morgan fingerprint density at radius 1 is 1.12 bits per heavy atom. The zero-order chi connectivity index (χ0) is 23.4. The second kappa shape index (κ2) is 9.89. The Labute approximate surface area is 201 Å². The van der Waals surface area contributed by atoms with Gasteiger partial charge in [-0.1, -0.05) is 64.5 Å². The van der Waals surface area contributed by atoms with Crippen molar-refractivity contribution in [2.75, 3.05) is 7.11 Å². The van der Waals surface area contributed by atoms with E-state index < -0.39 is 0 Å². The average Bonchev–Trinajstić information content (AvgIpc) is 2.85. The Kier molecular flexibility index (Phi) is 6.76. The van der Waals surface area contributed by atoms with Crippen LogP contribution in [0.3, 0.4) is 0 Å². The lowest BCUT2D eigenvalue weighted by Crippen LogP contribution is -2.26. The third-order valence-corrected chi connectivity index (χ3v) is 6.37. The predicted octanol–water partition coefficient (Wildman–Crippen LogP) is 6.20. The standard InChI is InChI=1S/C28H23BrN2O2/c1-3-20(21-7-6-8-22(29)15-21)16-25-24-9-4-5-10-27(24)31(28(32)26(25)17-30)18-19-11-13-23(33-2)14-12-19/h3-15,20H,1,16,18H2,2H3/t20-/m1/s1. The lowest BCUT2D eigenvalue weighted by Gasteiger charge is -2.19. The highest BCUT2D eigenvalue weighted by atomic mass is 79.9. The Bertz CT molecular complexity index is 1420. The fourth-order valence-electron chi connectivity index (χ4n) is 4.16. The van der Waals surface area contributed by atoms with Crippen molar-refractivity contribution in [3.05, 3.63) is 123 Å². The number of ether oxygens (including phenoxy) is 1. The average molecular weight is 499 g/mol. The van der Waals surface area contributed by atoms with E-state index in [4.69, 9.17) is 4.74 Å². The van der Waals surface area contributed by atoms with Gasteiger partial charge in [-0.2, -0.15) is 5.26 Å². The maximum absolute atomic E-state index is 13.5. The van der Waals surface area contributed by atoms with Gasteiger partial charge in [0, 0.05) is 15.8 Å². The van der Waals surface area contributed by atoms with Crippen molar-refractivity contribution in [2.24, 2.45) is 0 Å². The summed E-state index contributed by atoms with van der Waals surface area (Å²) in [6.45, 7) is 4.39. The van der Waals surface area contributed by atoms with Crippen LogP contribution < -0.4 is 10.3 Å². The molecule has 1 atom stereocenters. The first-order valence-corrected chi connectivity index (χ1v) is 11.4. The quantitative estimate of drug-likeness (QED) is 0.285. The molecule has 3 aromatic carbocycles. The van der Waals surface area contributed by atoms with Crippen LogP contribution in [0.25, 0.3) is 10.9 Å². The van der Waals surface area contributed by atoms with Gasteiger partial charge in [-0.05, 0) is 53.4 Å². The highest BCUT2D eigenvalue weighted by Gasteiger charge is 2.20. The van der Waals surface area contributed by atoms with Crippen molar-refractivity contribution in [3.63, 3.8) is 0 Å². The van der Waals surface area contributed by atoms with E-state index in [1.807, 2.05) is 78.9 Å². The number of pyridine rings is 1. The number of rotatable bonds is 7. The van der Waals surface area contributed by atoms with Gasteiger partial charge in [-0.25, -0.2) is 0 Å². The Balaban J connectivity index is 1.84. The number of hydrogen-bond donors (Lipinski definition) is 0. The van der Waals surface area contributed by atoms with E-state index in [-0.39, 0.29) is 17.0 Å². The summed E-state index contributed by atoms with van der Waals surface area (Å²) in [5.41, 5.74) is 3.51. The third kappa shape index (κ3) is 4.62. The largest absolute Gasteiger partial charge is 0.497 e. The van der Waals surface area contributed by atoms with Gasteiger partial charge in [-0.3, -0.25) is 4.79 Å². The monoisotopic (exact) mass is 498 g/mol. The van der Waals surface area contributed by atoms with Gasteiger partial charge in [-0.15, -0.1) is 6.58 Å². The molecule has 0 radical (unpaired) electrons. The molecular weight excluding hydrogens is 476 g/mol. The number of methoxy groups -OCH3 is 1. The van der Waals surface area contributed by atoms with E-state index in [0.717, 1.165) is 37.8 Å². The van der Waals surface area contributed by atoms with Crippen molar-refractivity contribution in [2.45, 2.75) is 18.9 Å². The molecule has 0 amide bonds. The van der Waals surface area contributed by atoms with E-state index in [0.29, 0.717) is 13.0 Å². The Morgan fingerprint density at radius 3 is 2.55 bits per heavy atom. The van der Waals surface area contributed by atoms with E-state index in [1.54, 1.807) is 11.7 Å². The summed E-state index contributed by atoms with van der Waals surface area (Å²) in [5.74, 6) is 0.724. The zero-order valence-corrected chi connectivity index (χ0v) is 19.9. The SMILES string of the molecule is C=C[C@H](Cc1c(C#N)c(=O)n(Cc2ccc(OC)cc2)c2ccccc12)c1cccc(Br)c1. The molecule has 4 aromatic rings. The second-order valence-electron chi connectivity index (χ2n) is 7.82. The molecule has 0 spiro atoms. The molecule has 0 saturated carbocycles. The molecule has 0 aliphatic carbocycles. The Morgan fingerprint density at radius 2 is 1.88 bits per heavy atom. The van der Waals surface area contributed by atoms with Gasteiger partial charge in [0.1, 0.15) is 17.4 Å². The van der Waals surface area contributed by atoms with E-state index in [1.165, 1.54) is 0 Å². The Hall–Kier alpha value is -3.62. The molecule has 0 fully saturated rings. The van der Waals surface area contributed by atoms with Crippen molar-refractivity contribution in [3.8, 4) is 11.8 Å². The minimum atomic E-state index is -0.279. The summed E-state index contributed by atoms with van der Waals surface area (Å²) in [6.07, 6.45) is 2.39. The number of benzene rings is 3. The van der Waals surface area contributed by atoms with Gasteiger partial charge < -0.3 is 9.30 Å². The van der Waals surface area contributed by atoms with E-state index >= 15 is 0 Å². The van der Waals surface area contributed by atoms with Gasteiger partial charge in [0.25, 0.3) is 5.56 Å². The molecule has 0 N–H and O–H groups in total. The lowest BCUT2D eigenvalue weighted by molar-refractivity contribution is 0.414. The van der Waals surface area contributed by atoms with Crippen LogP contribution >= 0.6 is 15.9 Å². The number of aromatic nitrogens is 1. The maximum atomic E-state index is 13.5. The van der Waals surface area contributed by atoms with Crippen LogP contribution in [-0.2, 0) is 13.0 Å². The van der Waals surface area contributed by atoms with E-state index in [2.05, 4.69) is 28.6 Å². The van der Waals surface area contributed by atoms with Gasteiger partial charge in [0.15, 0.2) is 0 Å². The fraction of sp³-hybridized carbons (Fsp3) is 0.143. The summed E-state index contributed by atoms with van der Waals surface area (Å²) < 4.78 is 7.89. The van der Waals surface area contributed by atoms with Crippen molar-refractivity contribution >= 4 is 26.8 Å². The molecule has 1 aromatic heterocycles. The topological polar surface area (TPSA) is 55.0 Å². The first-order chi connectivity index (χ1) is 16.0. The number of fused-ring (bicyclic) bond motifs is 1. The zero-order valence-electron chi connectivity index (χ0n) is 18.3. The number of allylic oxidation sites excluding steroid dienone is 1. The van der Waals surface area contributed by atoms with Crippen LogP contribution in [0.15, 0.2) is 94.7 Å². The third-order valence-electron chi connectivity index (χ3n) is 5.88. The minimum absolute atomic E-state index is 0.0326. The molecule has 4 rings (SSSR count). The first-order valence-electron chi connectivity index (χ1n) is 10.6. The van der Waals surface area contributed by atoms with Gasteiger partial charge in [0.2, 0.25) is 0 Å². The number of nitriles is 1. The minimum Gasteiger partial charge on any atom is -0.497 e. The van der Waals surface area contributed by atoms with Crippen molar-refractivity contribution < 1.29 is 4.74 Å². The highest BCUT2D eigenvalue weighted by molar-refractivity contribution is 9.10. The summed E-state index contributed by atoms with van der Waals surface area (Å²) in [7, 11) is 1.62. The van der Waals surface area contributed by atoms with Crippen molar-refractivity contribution in [1.29, 1.82) is 5.26 Å². The molecule has 0 bridgehead atoms. The molecule has 0 saturated heterocycles. The molecule has 5 heteroatoms. The maximum Gasteiger partial charge on any atom is 0.269 e. The lowest BCUT2D eigenvalue weighted by atomic mass is 9.88. The number of nitrogens with zero attached hydrogens (tertiary/aromatic N) is 2. The summed E-state index contributed by atoms with van der Waals surface area (Å²) >= 11 is 3.53. The highest BCUT2D eigenvalue weighted by Crippen LogP contribution is 2.29. The van der Waals surface area contributed by atoms with Crippen LogP contribution in [0.5, 0.6) is 5.75 Å². The fourth-order valence-corrected chi connectivity index (χ4v) is 4.58. The molecule has 0 aliphatic rings. The number of para-hydroxylation sites is 1. The molecule has 4 nitrogen and oxygen atoms in total. The van der Waals surface area contributed by atoms with E-state index in [9.17, 15) is 10.1 Å². The number of hydrogen-bond acceptors (Lipinski definition) is 3. The summed E-state index contributed by atoms with van der Waals surface area (Å²) in [5, 5.41) is 10.9. The van der Waals surface area contributed by atoms with Crippen LogP contribution in [0.4, 0.5) is 0 Å². The summed E-state index contributed by atoms with van der Waals surface area (Å²) in [4.78, 5) is 13.5. The predicted molar refractivity (Wildman–Crippen MR) is 136 cm³/mol. The molecule has 1 heterocycles. The summed E-state index contributed by atoms with van der Waals surface area (Å²) in [6, 6.07) is 25.6. The molecule has 0 aliphatic heterocycles. The molecule has 33 heavy (non-hydrogen) atoms. The molecule has 0 unspecified atom stereocenters. The molecule has 164 valence electrons. The van der Waals surface area contributed by atoms with Crippen LogP contribution in [-0.4, -0.2) is 11.7 Å². The van der Waals surface area contributed by atoms with Crippen LogP contribution in [0.2, 0.25) is 0 Å². The smallest absolute Gasteiger partial charge is 0.269 e. The normalized spacial score (nSPS) is 11.7. The first kappa shape index (κ1) is 22.6. The molecular formula is C28H23BrN2O2. The van der Waals surface area contributed by atoms with Crippen LogP contribution in [0, 0.1) is 11.3 Å². The van der Waals surface area contributed by atoms with Crippen LogP contribution in [0.1, 0.15) is 28.2 Å². The van der Waals surface area contributed by atoms with Crippen molar-refractivity contribution in [1.82, 2.24) is 4.57 Å². The number of halogens is 1. The van der Waals surface area contributed by atoms with Gasteiger partial charge in [0.05, 0.1) is 19.2 Å².